The summed E-state index contributed by atoms with van der Waals surface area (Å²) in [5.74, 6) is 2.22. The number of nitrogens with zero attached hydrogens (tertiary/aromatic N) is 2. The first-order chi connectivity index (χ1) is 17.0. The zero-order valence-corrected chi connectivity index (χ0v) is 20.8. The molecule has 0 bridgehead atoms. The summed E-state index contributed by atoms with van der Waals surface area (Å²) >= 11 is 1.36. The highest BCUT2D eigenvalue weighted by Crippen LogP contribution is 2.33. The predicted octanol–water partition coefficient (Wildman–Crippen LogP) is 5.31. The maximum absolute atomic E-state index is 11.8. The number of esters is 1. The van der Waals surface area contributed by atoms with Gasteiger partial charge in [-0.25, -0.2) is 9.98 Å². The molecule has 182 valence electrons. The molecule has 0 atom stereocenters. The van der Waals surface area contributed by atoms with Crippen molar-refractivity contribution in [2.45, 2.75) is 20.3 Å². The number of carbonyl (C=O) groups is 1. The van der Waals surface area contributed by atoms with Gasteiger partial charge >= 0.3 is 5.97 Å². The van der Waals surface area contributed by atoms with Gasteiger partial charge in [-0.1, -0.05) is 0 Å². The van der Waals surface area contributed by atoms with Crippen LogP contribution in [0.4, 0.5) is 5.13 Å². The standard InChI is InChI=1S/C26H26N2O6S/c1-5-32-18-8-10-21-19(13-18)20(28-26-27-17(15-35-26)12-25(29)33-6-2)14-23(34-21)16-7-9-22(30-3)24(11-16)31-4/h7-11,13-15H,5-6,12H2,1-4H3. The third kappa shape index (κ3) is 5.63. The monoisotopic (exact) mass is 494 g/mol. The quantitative estimate of drug-likeness (QED) is 0.291. The number of benzene rings is 2. The number of rotatable bonds is 9. The van der Waals surface area contributed by atoms with Crippen molar-refractivity contribution < 1.29 is 28.2 Å². The average Bonchev–Trinajstić information content (AvgIpc) is 3.30. The van der Waals surface area contributed by atoms with E-state index < -0.39 is 0 Å². The minimum Gasteiger partial charge on any atom is -0.494 e. The smallest absolute Gasteiger partial charge is 0.311 e. The van der Waals surface area contributed by atoms with E-state index in [2.05, 4.69) is 4.98 Å². The van der Waals surface area contributed by atoms with Crippen molar-refractivity contribution in [2.24, 2.45) is 4.99 Å². The molecule has 0 aliphatic rings. The van der Waals surface area contributed by atoms with E-state index in [9.17, 15) is 4.79 Å². The molecule has 9 heteroatoms. The minimum absolute atomic E-state index is 0.107. The van der Waals surface area contributed by atoms with Crippen LogP contribution in [0.5, 0.6) is 17.2 Å². The lowest BCUT2D eigenvalue weighted by molar-refractivity contribution is -0.142. The average molecular weight is 495 g/mol. The second-order valence-electron chi connectivity index (χ2n) is 7.37. The van der Waals surface area contributed by atoms with Gasteiger partial charge in [-0.15, -0.1) is 11.3 Å². The molecule has 0 N–H and O–H groups in total. The Labute approximate surface area is 206 Å². The Morgan fingerprint density at radius 1 is 1.03 bits per heavy atom. The van der Waals surface area contributed by atoms with Crippen LogP contribution in [0.2, 0.25) is 0 Å². The topological polar surface area (TPSA) is 92.4 Å². The van der Waals surface area contributed by atoms with Gasteiger partial charge in [0.05, 0.1) is 44.9 Å². The number of fused-ring (bicyclic) bond motifs is 1. The molecular weight excluding hydrogens is 468 g/mol. The molecule has 0 unspecified atom stereocenters. The molecule has 35 heavy (non-hydrogen) atoms. The SMILES string of the molecule is CCOC(=O)Cc1csc(N=c2cc(-c3ccc(OC)c(OC)c3)oc3ccc(OCC)cc23)n1. The van der Waals surface area contributed by atoms with Gasteiger partial charge in [0.2, 0.25) is 5.13 Å². The van der Waals surface area contributed by atoms with Gasteiger partial charge in [-0.05, 0) is 50.2 Å². The molecule has 2 heterocycles. The van der Waals surface area contributed by atoms with Gasteiger partial charge in [-0.2, -0.15) is 0 Å². The third-order valence-electron chi connectivity index (χ3n) is 5.08. The van der Waals surface area contributed by atoms with Crippen LogP contribution < -0.4 is 19.6 Å². The predicted molar refractivity (Wildman–Crippen MR) is 134 cm³/mol. The van der Waals surface area contributed by atoms with E-state index >= 15 is 0 Å². The van der Waals surface area contributed by atoms with Crippen LogP contribution in [0, 0.1) is 0 Å². The van der Waals surface area contributed by atoms with E-state index in [0.717, 1.165) is 10.9 Å². The second kappa shape index (κ2) is 11.1. The molecule has 0 amide bonds. The first-order valence-corrected chi connectivity index (χ1v) is 12.0. The number of methoxy groups -OCH3 is 2. The Morgan fingerprint density at radius 2 is 1.86 bits per heavy atom. The Balaban J connectivity index is 1.83. The molecule has 0 saturated carbocycles. The Bertz CT molecular complexity index is 1410. The zero-order chi connectivity index (χ0) is 24.8. The van der Waals surface area contributed by atoms with Crippen molar-refractivity contribution >= 4 is 33.4 Å². The second-order valence-corrected chi connectivity index (χ2v) is 8.21. The van der Waals surface area contributed by atoms with Crippen LogP contribution in [-0.2, 0) is 16.0 Å². The highest BCUT2D eigenvalue weighted by atomic mass is 32.1. The number of hydrogen-bond donors (Lipinski definition) is 0. The highest BCUT2D eigenvalue weighted by molar-refractivity contribution is 7.13. The summed E-state index contributed by atoms with van der Waals surface area (Å²) in [4.78, 5) is 21.1. The first kappa shape index (κ1) is 24.3. The summed E-state index contributed by atoms with van der Waals surface area (Å²) in [7, 11) is 3.18. The number of hydrogen-bond acceptors (Lipinski definition) is 9. The number of thiazole rings is 1. The Kier molecular flexibility index (Phi) is 7.67. The number of carbonyl (C=O) groups excluding carboxylic acids is 1. The molecule has 0 aliphatic heterocycles. The van der Waals surface area contributed by atoms with E-state index in [0.29, 0.717) is 58.0 Å². The first-order valence-electron chi connectivity index (χ1n) is 11.1. The minimum atomic E-state index is -0.314. The summed E-state index contributed by atoms with van der Waals surface area (Å²) in [5, 5.41) is 3.78. The van der Waals surface area contributed by atoms with E-state index in [1.54, 1.807) is 21.1 Å². The van der Waals surface area contributed by atoms with Gasteiger partial charge < -0.3 is 23.4 Å². The van der Waals surface area contributed by atoms with Crippen LogP contribution in [0.1, 0.15) is 19.5 Å². The molecule has 4 rings (SSSR count). The lowest BCUT2D eigenvalue weighted by atomic mass is 10.1. The molecule has 8 nitrogen and oxygen atoms in total. The molecule has 0 aliphatic carbocycles. The lowest BCUT2D eigenvalue weighted by Crippen LogP contribution is -2.07. The van der Waals surface area contributed by atoms with Crippen molar-refractivity contribution in [2.75, 3.05) is 27.4 Å². The molecule has 0 radical (unpaired) electrons. The van der Waals surface area contributed by atoms with E-state index in [4.69, 9.17) is 28.4 Å². The summed E-state index contributed by atoms with van der Waals surface area (Å²) < 4.78 is 27.7. The maximum atomic E-state index is 11.8. The molecule has 0 fully saturated rings. The van der Waals surface area contributed by atoms with Crippen LogP contribution in [-0.4, -0.2) is 38.4 Å². The zero-order valence-electron chi connectivity index (χ0n) is 20.0. The van der Waals surface area contributed by atoms with Crippen molar-refractivity contribution in [3.05, 3.63) is 58.9 Å². The molecule has 2 aromatic heterocycles. The van der Waals surface area contributed by atoms with Gasteiger partial charge in [0.25, 0.3) is 0 Å². The molecule has 0 saturated heterocycles. The highest BCUT2D eigenvalue weighted by Gasteiger charge is 2.12. The van der Waals surface area contributed by atoms with Crippen molar-refractivity contribution in [1.29, 1.82) is 0 Å². The van der Waals surface area contributed by atoms with Crippen molar-refractivity contribution in [1.82, 2.24) is 4.98 Å². The van der Waals surface area contributed by atoms with E-state index in [1.807, 2.05) is 54.8 Å². The Hall–Kier alpha value is -3.85. The summed E-state index contributed by atoms with van der Waals surface area (Å²) in [6.07, 6.45) is 0.107. The summed E-state index contributed by atoms with van der Waals surface area (Å²) in [5.41, 5.74) is 2.06. The summed E-state index contributed by atoms with van der Waals surface area (Å²) in [6, 6.07) is 13.0. The fraction of sp³-hybridized carbons (Fsp3) is 0.269. The van der Waals surface area contributed by atoms with E-state index in [-0.39, 0.29) is 12.4 Å². The van der Waals surface area contributed by atoms with Crippen LogP contribution in [0.25, 0.3) is 22.3 Å². The van der Waals surface area contributed by atoms with Gasteiger partial charge in [0.1, 0.15) is 17.1 Å². The third-order valence-corrected chi connectivity index (χ3v) is 5.86. The largest absolute Gasteiger partial charge is 0.494 e. The van der Waals surface area contributed by atoms with Crippen LogP contribution >= 0.6 is 11.3 Å². The van der Waals surface area contributed by atoms with Crippen molar-refractivity contribution in [3.63, 3.8) is 0 Å². The van der Waals surface area contributed by atoms with Crippen LogP contribution in [0.3, 0.4) is 0 Å². The fourth-order valence-corrected chi connectivity index (χ4v) is 4.22. The van der Waals surface area contributed by atoms with Gasteiger partial charge in [0, 0.05) is 22.4 Å². The van der Waals surface area contributed by atoms with Crippen molar-refractivity contribution in [3.8, 4) is 28.6 Å². The maximum Gasteiger partial charge on any atom is 0.311 e. The van der Waals surface area contributed by atoms with Gasteiger partial charge in [0.15, 0.2) is 11.5 Å². The van der Waals surface area contributed by atoms with E-state index in [1.165, 1.54) is 11.3 Å². The lowest BCUT2D eigenvalue weighted by Gasteiger charge is -2.10. The molecule has 0 spiro atoms. The number of ether oxygens (including phenoxy) is 4. The normalized spacial score (nSPS) is 11.5. The van der Waals surface area contributed by atoms with Crippen LogP contribution in [0.15, 0.2) is 57.3 Å². The molecular formula is C26H26N2O6S. The Morgan fingerprint density at radius 3 is 2.60 bits per heavy atom. The van der Waals surface area contributed by atoms with Gasteiger partial charge in [-0.3, -0.25) is 4.79 Å². The molecule has 2 aromatic carbocycles. The molecule has 4 aromatic rings. The summed E-state index contributed by atoms with van der Waals surface area (Å²) in [6.45, 7) is 4.59. The number of aromatic nitrogens is 1. The fourth-order valence-electron chi connectivity index (χ4n) is 3.52.